The number of carboxylic acids is 1. The van der Waals surface area contributed by atoms with E-state index < -0.39 is 12.0 Å². The van der Waals surface area contributed by atoms with Gasteiger partial charge in [0.05, 0.1) is 17.6 Å². The normalized spacial score (nSPS) is 15.3. The SMILES string of the molecule is CSCC[C@@H](NC(=O)c1c(C)oc2c1CCCC2)C(=O)[O-]. The van der Waals surface area contributed by atoms with Gasteiger partial charge in [-0.05, 0) is 44.6 Å². The Morgan fingerprint density at radius 2 is 2.10 bits per heavy atom. The van der Waals surface area contributed by atoms with E-state index in [2.05, 4.69) is 5.32 Å². The number of aliphatic carboxylic acids is 1. The van der Waals surface area contributed by atoms with Crippen molar-refractivity contribution < 1.29 is 19.1 Å². The van der Waals surface area contributed by atoms with Crippen LogP contribution in [0.4, 0.5) is 0 Å². The molecule has 1 aliphatic rings. The number of nitrogens with one attached hydrogen (secondary N) is 1. The molecule has 1 amide bonds. The molecule has 0 saturated heterocycles. The monoisotopic (exact) mass is 310 g/mol. The van der Waals surface area contributed by atoms with Gasteiger partial charge in [-0.1, -0.05) is 0 Å². The summed E-state index contributed by atoms with van der Waals surface area (Å²) in [5.74, 6) is 0.489. The third kappa shape index (κ3) is 3.61. The van der Waals surface area contributed by atoms with Gasteiger partial charge >= 0.3 is 0 Å². The Kier molecular flexibility index (Phi) is 5.33. The molecule has 1 aromatic rings. The van der Waals surface area contributed by atoms with Crippen LogP contribution in [0.25, 0.3) is 0 Å². The van der Waals surface area contributed by atoms with Gasteiger partial charge in [0.25, 0.3) is 5.91 Å². The maximum Gasteiger partial charge on any atom is 0.255 e. The first kappa shape index (κ1) is 15.9. The molecule has 5 nitrogen and oxygen atoms in total. The van der Waals surface area contributed by atoms with Gasteiger partial charge < -0.3 is 19.6 Å². The van der Waals surface area contributed by atoms with Gasteiger partial charge in [0.15, 0.2) is 0 Å². The Morgan fingerprint density at radius 3 is 2.76 bits per heavy atom. The molecule has 0 radical (unpaired) electrons. The largest absolute Gasteiger partial charge is 0.548 e. The van der Waals surface area contributed by atoms with Crippen LogP contribution in [-0.2, 0) is 17.6 Å². The van der Waals surface area contributed by atoms with Gasteiger partial charge in [0, 0.05) is 12.0 Å². The van der Waals surface area contributed by atoms with E-state index in [0.29, 0.717) is 23.5 Å². The van der Waals surface area contributed by atoms with Crippen LogP contribution in [0, 0.1) is 6.92 Å². The zero-order chi connectivity index (χ0) is 15.4. The molecule has 2 rings (SSSR count). The van der Waals surface area contributed by atoms with E-state index in [0.717, 1.165) is 37.0 Å². The van der Waals surface area contributed by atoms with Crippen LogP contribution >= 0.6 is 11.8 Å². The van der Waals surface area contributed by atoms with Crippen LogP contribution in [0.2, 0.25) is 0 Å². The number of carboxylic acid groups (broad SMARTS) is 1. The molecule has 0 aromatic carbocycles. The van der Waals surface area contributed by atoms with E-state index in [9.17, 15) is 14.7 Å². The molecule has 0 unspecified atom stereocenters. The van der Waals surface area contributed by atoms with Gasteiger partial charge in [-0.25, -0.2) is 0 Å². The molecule has 21 heavy (non-hydrogen) atoms. The van der Waals surface area contributed by atoms with E-state index in [1.165, 1.54) is 11.8 Å². The summed E-state index contributed by atoms with van der Waals surface area (Å²) in [7, 11) is 0. The van der Waals surface area contributed by atoms with Crippen molar-refractivity contribution >= 4 is 23.6 Å². The molecule has 0 bridgehead atoms. The molecule has 1 aliphatic carbocycles. The first-order valence-electron chi connectivity index (χ1n) is 7.16. The van der Waals surface area contributed by atoms with Crippen molar-refractivity contribution in [3.05, 3.63) is 22.6 Å². The fourth-order valence-electron chi connectivity index (χ4n) is 2.71. The molecule has 1 atom stereocenters. The van der Waals surface area contributed by atoms with Gasteiger partial charge in [-0.2, -0.15) is 11.8 Å². The quantitative estimate of drug-likeness (QED) is 0.850. The molecule has 0 fully saturated rings. The van der Waals surface area contributed by atoms with Crippen LogP contribution < -0.4 is 10.4 Å². The molecule has 0 spiro atoms. The highest BCUT2D eigenvalue weighted by atomic mass is 32.2. The smallest absolute Gasteiger partial charge is 0.255 e. The standard InChI is InChI=1S/C15H21NO4S/c1-9-13(10-5-3-4-6-12(10)20-9)14(17)16-11(15(18)19)7-8-21-2/h11H,3-8H2,1-2H3,(H,16,17)(H,18,19)/p-1/t11-/m1/s1. The lowest BCUT2D eigenvalue weighted by atomic mass is 9.94. The lowest BCUT2D eigenvalue weighted by Crippen LogP contribution is -2.48. The predicted octanol–water partition coefficient (Wildman–Crippen LogP) is 1.07. The fraction of sp³-hybridized carbons (Fsp3) is 0.600. The number of furan rings is 1. The number of hydrogen-bond acceptors (Lipinski definition) is 5. The van der Waals surface area contributed by atoms with E-state index in [1.807, 2.05) is 6.26 Å². The number of thioether (sulfide) groups is 1. The lowest BCUT2D eigenvalue weighted by Gasteiger charge is -2.20. The Hall–Kier alpha value is -1.43. The van der Waals surface area contributed by atoms with Crippen molar-refractivity contribution in [3.8, 4) is 0 Å². The van der Waals surface area contributed by atoms with Crippen LogP contribution in [0.15, 0.2) is 4.42 Å². The Bertz CT molecular complexity index is 538. The fourth-order valence-corrected chi connectivity index (χ4v) is 3.19. The summed E-state index contributed by atoms with van der Waals surface area (Å²) in [5.41, 5.74) is 1.46. The van der Waals surface area contributed by atoms with Gasteiger partial charge in [0.2, 0.25) is 0 Å². The van der Waals surface area contributed by atoms with E-state index in [4.69, 9.17) is 4.42 Å². The summed E-state index contributed by atoms with van der Waals surface area (Å²) in [6.07, 6.45) is 6.01. The lowest BCUT2D eigenvalue weighted by molar-refractivity contribution is -0.308. The minimum absolute atomic E-state index is 0.355. The molecule has 1 aromatic heterocycles. The molecule has 0 saturated carbocycles. The number of rotatable bonds is 6. The predicted molar refractivity (Wildman–Crippen MR) is 79.3 cm³/mol. The van der Waals surface area contributed by atoms with Crippen LogP contribution in [0.5, 0.6) is 0 Å². The first-order chi connectivity index (χ1) is 10.0. The summed E-state index contributed by atoms with van der Waals surface area (Å²) in [6.45, 7) is 1.75. The molecule has 6 heteroatoms. The zero-order valence-electron chi connectivity index (χ0n) is 12.4. The van der Waals surface area contributed by atoms with Crippen LogP contribution in [-0.4, -0.2) is 29.9 Å². The van der Waals surface area contributed by atoms with Crippen molar-refractivity contribution in [2.75, 3.05) is 12.0 Å². The minimum atomic E-state index is -1.24. The second-order valence-electron chi connectivity index (χ2n) is 5.27. The Balaban J connectivity index is 2.16. The van der Waals surface area contributed by atoms with Crippen molar-refractivity contribution in [1.82, 2.24) is 5.32 Å². The maximum atomic E-state index is 12.4. The highest BCUT2D eigenvalue weighted by Gasteiger charge is 2.26. The topological polar surface area (TPSA) is 82.4 Å². The average molecular weight is 310 g/mol. The summed E-state index contributed by atoms with van der Waals surface area (Å²) in [6, 6.07) is -0.960. The minimum Gasteiger partial charge on any atom is -0.548 e. The molecule has 116 valence electrons. The van der Waals surface area contributed by atoms with E-state index in [-0.39, 0.29) is 5.91 Å². The molecular weight excluding hydrogens is 290 g/mol. The van der Waals surface area contributed by atoms with Crippen LogP contribution in [0.1, 0.15) is 46.7 Å². The Labute approximate surface area is 128 Å². The third-order valence-electron chi connectivity index (χ3n) is 3.77. The van der Waals surface area contributed by atoms with Crippen molar-refractivity contribution in [3.63, 3.8) is 0 Å². The molecule has 0 aliphatic heterocycles. The highest BCUT2D eigenvalue weighted by molar-refractivity contribution is 7.98. The number of fused-ring (bicyclic) bond motifs is 1. The van der Waals surface area contributed by atoms with E-state index >= 15 is 0 Å². The third-order valence-corrected chi connectivity index (χ3v) is 4.42. The highest BCUT2D eigenvalue weighted by Crippen LogP contribution is 2.29. The average Bonchev–Trinajstić information content (AvgIpc) is 2.78. The first-order valence-corrected chi connectivity index (χ1v) is 8.55. The number of amides is 1. The van der Waals surface area contributed by atoms with Crippen molar-refractivity contribution in [1.29, 1.82) is 0 Å². The number of carbonyl (C=O) groups excluding carboxylic acids is 2. The van der Waals surface area contributed by atoms with Crippen molar-refractivity contribution in [2.24, 2.45) is 0 Å². The second-order valence-corrected chi connectivity index (χ2v) is 6.25. The summed E-state index contributed by atoms with van der Waals surface area (Å²) >= 11 is 1.54. The second kappa shape index (κ2) is 7.02. The van der Waals surface area contributed by atoms with Gasteiger partial charge in [0.1, 0.15) is 11.5 Å². The van der Waals surface area contributed by atoms with Gasteiger partial charge in [-0.3, -0.25) is 4.79 Å². The number of aryl methyl sites for hydroxylation is 2. The van der Waals surface area contributed by atoms with E-state index in [1.54, 1.807) is 6.92 Å². The molecule has 1 N–H and O–H groups in total. The molecular formula is C15H20NO4S-. The summed E-state index contributed by atoms with van der Waals surface area (Å²) in [5, 5.41) is 13.7. The summed E-state index contributed by atoms with van der Waals surface area (Å²) < 4.78 is 5.65. The maximum absolute atomic E-state index is 12.4. The number of carbonyl (C=O) groups is 2. The summed E-state index contributed by atoms with van der Waals surface area (Å²) in [4.78, 5) is 23.5. The van der Waals surface area contributed by atoms with Crippen LogP contribution in [0.3, 0.4) is 0 Å². The number of hydrogen-bond donors (Lipinski definition) is 1. The van der Waals surface area contributed by atoms with Crippen molar-refractivity contribution in [2.45, 2.75) is 45.1 Å². The Morgan fingerprint density at radius 1 is 1.38 bits per heavy atom. The zero-order valence-corrected chi connectivity index (χ0v) is 13.2. The molecule has 1 heterocycles. The van der Waals surface area contributed by atoms with Gasteiger partial charge in [-0.15, -0.1) is 0 Å².